The lowest BCUT2D eigenvalue weighted by Gasteiger charge is -2.46. The van der Waals surface area contributed by atoms with Crippen LogP contribution in [0.1, 0.15) is 51.4 Å². The summed E-state index contributed by atoms with van der Waals surface area (Å²) in [5, 5.41) is 0. The van der Waals surface area contributed by atoms with Gasteiger partial charge in [0.15, 0.2) is 0 Å². The molecule has 2 aliphatic carbocycles. The molecule has 0 amide bonds. The number of nitrogens with two attached hydrogens (primary N) is 2. The van der Waals surface area contributed by atoms with Crippen molar-refractivity contribution in [2.45, 2.75) is 56.9 Å². The van der Waals surface area contributed by atoms with Crippen LogP contribution in [0.4, 0.5) is 0 Å². The van der Waals surface area contributed by atoms with Crippen molar-refractivity contribution < 1.29 is 0 Å². The second-order valence-corrected chi connectivity index (χ2v) is 5.05. The van der Waals surface area contributed by atoms with Gasteiger partial charge in [-0.05, 0) is 31.1 Å². The Kier molecular flexibility index (Phi) is 2.37. The van der Waals surface area contributed by atoms with Gasteiger partial charge < -0.3 is 11.5 Å². The van der Waals surface area contributed by atoms with Gasteiger partial charge in [-0.3, -0.25) is 0 Å². The zero-order valence-electron chi connectivity index (χ0n) is 8.52. The third-order valence-corrected chi connectivity index (χ3v) is 4.51. The van der Waals surface area contributed by atoms with Gasteiger partial charge in [-0.25, -0.2) is 0 Å². The first-order valence-electron chi connectivity index (χ1n) is 5.71. The Morgan fingerprint density at radius 1 is 0.846 bits per heavy atom. The molecule has 0 aromatic carbocycles. The Hall–Kier alpha value is -0.0800. The van der Waals surface area contributed by atoms with Crippen LogP contribution in [0.3, 0.4) is 0 Å². The van der Waals surface area contributed by atoms with Crippen molar-refractivity contribution in [2.24, 2.45) is 16.9 Å². The van der Waals surface area contributed by atoms with Crippen LogP contribution in [0, 0.1) is 5.41 Å². The average molecular weight is 182 g/mol. The monoisotopic (exact) mass is 182 g/mol. The number of hydrogen-bond donors (Lipinski definition) is 2. The van der Waals surface area contributed by atoms with Gasteiger partial charge in [-0.1, -0.05) is 25.7 Å². The lowest BCUT2D eigenvalue weighted by atomic mass is 9.64. The molecule has 2 fully saturated rings. The molecule has 0 aliphatic heterocycles. The van der Waals surface area contributed by atoms with Crippen molar-refractivity contribution >= 4 is 0 Å². The van der Waals surface area contributed by atoms with Crippen LogP contribution in [-0.2, 0) is 0 Å². The van der Waals surface area contributed by atoms with Gasteiger partial charge in [0.25, 0.3) is 0 Å². The normalized spacial score (nSPS) is 38.3. The summed E-state index contributed by atoms with van der Waals surface area (Å²) in [4.78, 5) is 0. The van der Waals surface area contributed by atoms with E-state index in [1.54, 1.807) is 0 Å². The van der Waals surface area contributed by atoms with E-state index in [1.807, 2.05) is 0 Å². The molecule has 0 radical (unpaired) electrons. The minimum absolute atomic E-state index is 0.0204. The fourth-order valence-corrected chi connectivity index (χ4v) is 3.55. The fourth-order valence-electron chi connectivity index (χ4n) is 3.55. The van der Waals surface area contributed by atoms with Crippen LogP contribution in [0.25, 0.3) is 0 Å². The van der Waals surface area contributed by atoms with Gasteiger partial charge in [0.05, 0.1) is 0 Å². The van der Waals surface area contributed by atoms with Crippen LogP contribution in [0.2, 0.25) is 0 Å². The van der Waals surface area contributed by atoms with Gasteiger partial charge in [0.2, 0.25) is 0 Å². The summed E-state index contributed by atoms with van der Waals surface area (Å²) < 4.78 is 0. The van der Waals surface area contributed by atoms with E-state index in [0.29, 0.717) is 12.0 Å². The zero-order chi connectivity index (χ0) is 9.36. The molecule has 0 aromatic rings. The van der Waals surface area contributed by atoms with E-state index < -0.39 is 0 Å². The van der Waals surface area contributed by atoms with Crippen molar-refractivity contribution in [1.82, 2.24) is 0 Å². The van der Waals surface area contributed by atoms with Gasteiger partial charge in [0, 0.05) is 12.1 Å². The molecular weight excluding hydrogens is 160 g/mol. The lowest BCUT2D eigenvalue weighted by Crippen LogP contribution is -2.57. The Morgan fingerprint density at radius 2 is 1.46 bits per heavy atom. The maximum Gasteiger partial charge on any atom is 0.0335 e. The summed E-state index contributed by atoms with van der Waals surface area (Å²) in [5.74, 6) is 0. The van der Waals surface area contributed by atoms with E-state index in [2.05, 4.69) is 0 Å². The third kappa shape index (κ3) is 1.31. The predicted molar refractivity (Wildman–Crippen MR) is 55.3 cm³/mol. The Bertz CT molecular complexity index is 185. The molecule has 2 rings (SSSR count). The first-order chi connectivity index (χ1) is 6.22. The Balaban J connectivity index is 2.18. The maximum atomic E-state index is 6.44. The third-order valence-electron chi connectivity index (χ3n) is 4.51. The summed E-state index contributed by atoms with van der Waals surface area (Å²) in [6.45, 7) is 0.688. The number of rotatable bonds is 1. The molecule has 4 N–H and O–H groups in total. The van der Waals surface area contributed by atoms with E-state index in [4.69, 9.17) is 11.5 Å². The standard InChI is InChI=1S/C11H22N2/c12-9-11(13)8-4-7-10(11)5-2-1-3-6-10/h1-9,12-13H2. The second kappa shape index (κ2) is 3.25. The smallest absolute Gasteiger partial charge is 0.0335 e. The Morgan fingerprint density at radius 3 is 2.08 bits per heavy atom. The largest absolute Gasteiger partial charge is 0.329 e. The summed E-state index contributed by atoms with van der Waals surface area (Å²) in [7, 11) is 0. The molecule has 76 valence electrons. The quantitative estimate of drug-likeness (QED) is 0.649. The first kappa shape index (κ1) is 9.47. The van der Waals surface area contributed by atoms with Gasteiger partial charge in [0.1, 0.15) is 0 Å². The molecule has 1 unspecified atom stereocenters. The molecule has 0 saturated heterocycles. The highest BCUT2D eigenvalue weighted by molar-refractivity contribution is 5.08. The van der Waals surface area contributed by atoms with Crippen LogP contribution < -0.4 is 11.5 Å². The molecule has 2 heteroatoms. The molecule has 2 saturated carbocycles. The number of hydrogen-bond acceptors (Lipinski definition) is 2. The lowest BCUT2D eigenvalue weighted by molar-refractivity contribution is 0.104. The molecule has 2 aliphatic rings. The molecule has 1 atom stereocenters. The highest BCUT2D eigenvalue weighted by Gasteiger charge is 2.51. The molecular formula is C11H22N2. The average Bonchev–Trinajstić information content (AvgIpc) is 2.47. The van der Waals surface area contributed by atoms with Gasteiger partial charge in [-0.15, -0.1) is 0 Å². The summed E-state index contributed by atoms with van der Waals surface area (Å²) >= 11 is 0. The summed E-state index contributed by atoms with van der Waals surface area (Å²) in [5.41, 5.74) is 12.7. The van der Waals surface area contributed by atoms with Crippen molar-refractivity contribution in [1.29, 1.82) is 0 Å². The topological polar surface area (TPSA) is 52.0 Å². The van der Waals surface area contributed by atoms with Crippen LogP contribution in [-0.4, -0.2) is 12.1 Å². The molecule has 0 aromatic heterocycles. The van der Waals surface area contributed by atoms with Crippen LogP contribution >= 0.6 is 0 Å². The summed E-state index contributed by atoms with van der Waals surface area (Å²) in [6, 6.07) is 0. The maximum absolute atomic E-state index is 6.44. The van der Waals surface area contributed by atoms with E-state index >= 15 is 0 Å². The van der Waals surface area contributed by atoms with E-state index in [9.17, 15) is 0 Å². The minimum atomic E-state index is -0.0204. The second-order valence-electron chi connectivity index (χ2n) is 5.05. The molecule has 1 spiro atoms. The van der Waals surface area contributed by atoms with E-state index in [0.717, 1.165) is 6.42 Å². The molecule has 2 nitrogen and oxygen atoms in total. The van der Waals surface area contributed by atoms with Crippen molar-refractivity contribution in [3.05, 3.63) is 0 Å². The molecule has 0 heterocycles. The highest BCUT2D eigenvalue weighted by atomic mass is 14.9. The van der Waals surface area contributed by atoms with Crippen molar-refractivity contribution in [3.8, 4) is 0 Å². The van der Waals surface area contributed by atoms with Crippen molar-refractivity contribution in [2.75, 3.05) is 6.54 Å². The van der Waals surface area contributed by atoms with Crippen molar-refractivity contribution in [3.63, 3.8) is 0 Å². The minimum Gasteiger partial charge on any atom is -0.329 e. The fraction of sp³-hybridized carbons (Fsp3) is 1.00. The molecule has 0 bridgehead atoms. The van der Waals surface area contributed by atoms with Gasteiger partial charge >= 0.3 is 0 Å². The van der Waals surface area contributed by atoms with Crippen LogP contribution in [0.15, 0.2) is 0 Å². The van der Waals surface area contributed by atoms with E-state index in [-0.39, 0.29) is 5.54 Å². The molecule has 13 heavy (non-hydrogen) atoms. The summed E-state index contributed by atoms with van der Waals surface area (Å²) in [6.07, 6.45) is 10.6. The van der Waals surface area contributed by atoms with E-state index in [1.165, 1.54) is 44.9 Å². The predicted octanol–water partition coefficient (Wildman–Crippen LogP) is 1.78. The van der Waals surface area contributed by atoms with Crippen LogP contribution in [0.5, 0.6) is 0 Å². The zero-order valence-corrected chi connectivity index (χ0v) is 8.52. The highest BCUT2D eigenvalue weighted by Crippen LogP contribution is 2.53. The Labute approximate surface area is 81.1 Å². The SMILES string of the molecule is NCC1(N)CCCC12CCCCC2. The first-order valence-corrected chi connectivity index (χ1v) is 5.71. The van der Waals surface area contributed by atoms with Gasteiger partial charge in [-0.2, -0.15) is 0 Å².